The molecule has 126 valence electrons. The Balaban J connectivity index is 1.35. The molecule has 2 aliphatic heterocycles. The average Bonchev–Trinajstić information content (AvgIpc) is 3.27. The molecule has 0 saturated carbocycles. The van der Waals surface area contributed by atoms with Crippen molar-refractivity contribution < 1.29 is 19.0 Å². The second-order valence-corrected chi connectivity index (χ2v) is 6.00. The molecule has 2 atom stereocenters. The number of para-hydroxylation sites is 2. The van der Waals surface area contributed by atoms with Crippen LogP contribution in [0.2, 0.25) is 0 Å². The molecule has 0 bridgehead atoms. The maximum Gasteiger partial charge on any atom is 0.229 e. The molecule has 0 spiro atoms. The number of amides is 1. The number of benzene rings is 1. The topological polar surface area (TPSA) is 74.6 Å². The van der Waals surface area contributed by atoms with Crippen molar-refractivity contribution in [3.63, 3.8) is 0 Å². The second-order valence-electron chi connectivity index (χ2n) is 6.00. The van der Waals surface area contributed by atoms with Crippen LogP contribution >= 0.6 is 0 Å². The molecule has 2 aliphatic rings. The molecule has 4 rings (SSSR count). The van der Waals surface area contributed by atoms with Crippen molar-refractivity contribution in [3.8, 4) is 11.5 Å². The first-order chi connectivity index (χ1) is 11.8. The van der Waals surface area contributed by atoms with Crippen LogP contribution in [-0.4, -0.2) is 41.6 Å². The van der Waals surface area contributed by atoms with Crippen molar-refractivity contribution in [2.75, 3.05) is 25.1 Å². The highest BCUT2D eigenvalue weighted by Crippen LogP contribution is 2.31. The third-order valence-corrected chi connectivity index (χ3v) is 4.16. The van der Waals surface area contributed by atoms with Gasteiger partial charge < -0.3 is 19.5 Å². The van der Waals surface area contributed by atoms with Gasteiger partial charge in [0.25, 0.3) is 0 Å². The van der Waals surface area contributed by atoms with E-state index in [9.17, 15) is 4.79 Å². The number of rotatable bonds is 4. The number of aromatic nitrogens is 2. The molecule has 1 amide bonds. The van der Waals surface area contributed by atoms with E-state index in [1.165, 1.54) is 0 Å². The van der Waals surface area contributed by atoms with E-state index in [1.54, 1.807) is 17.1 Å². The van der Waals surface area contributed by atoms with Crippen LogP contribution in [0, 0.1) is 5.92 Å². The second kappa shape index (κ2) is 6.52. The molecule has 1 N–H and O–H groups in total. The van der Waals surface area contributed by atoms with Crippen LogP contribution in [-0.2, 0) is 16.1 Å². The summed E-state index contributed by atoms with van der Waals surface area (Å²) in [5.41, 5.74) is 0.684. The van der Waals surface area contributed by atoms with Gasteiger partial charge in [0, 0.05) is 12.8 Å². The Morgan fingerprint density at radius 1 is 1.29 bits per heavy atom. The summed E-state index contributed by atoms with van der Waals surface area (Å²) in [6, 6.07) is 7.61. The lowest BCUT2D eigenvalue weighted by Gasteiger charge is -2.26. The van der Waals surface area contributed by atoms with Crippen molar-refractivity contribution in [2.24, 2.45) is 5.92 Å². The summed E-state index contributed by atoms with van der Waals surface area (Å²) in [6.07, 6.45) is 4.10. The zero-order valence-corrected chi connectivity index (χ0v) is 13.2. The van der Waals surface area contributed by atoms with E-state index < -0.39 is 0 Å². The molecule has 0 unspecified atom stereocenters. The molecule has 3 heterocycles. The van der Waals surface area contributed by atoms with Gasteiger partial charge in [-0.05, 0) is 18.6 Å². The van der Waals surface area contributed by atoms with Gasteiger partial charge in [0.15, 0.2) is 17.6 Å². The van der Waals surface area contributed by atoms with Gasteiger partial charge in [0.2, 0.25) is 5.91 Å². The maximum absolute atomic E-state index is 12.1. The average molecular weight is 329 g/mol. The van der Waals surface area contributed by atoms with Crippen LogP contribution in [0.5, 0.6) is 11.5 Å². The lowest BCUT2D eigenvalue weighted by atomic mass is 10.1. The van der Waals surface area contributed by atoms with E-state index >= 15 is 0 Å². The summed E-state index contributed by atoms with van der Waals surface area (Å²) < 4.78 is 18.6. The van der Waals surface area contributed by atoms with Crippen LogP contribution < -0.4 is 14.8 Å². The fraction of sp³-hybridized carbons (Fsp3) is 0.412. The van der Waals surface area contributed by atoms with Crippen molar-refractivity contribution >= 4 is 11.6 Å². The normalized spacial score (nSPS) is 22.3. The molecule has 2 aromatic rings. The number of fused-ring (bicyclic) bond motifs is 1. The first-order valence-electron chi connectivity index (χ1n) is 8.07. The number of anilines is 1. The zero-order chi connectivity index (χ0) is 16.4. The number of carbonyl (C=O) groups excluding carboxylic acids is 1. The molecule has 1 aromatic heterocycles. The third-order valence-electron chi connectivity index (χ3n) is 4.16. The van der Waals surface area contributed by atoms with Crippen LogP contribution in [0.4, 0.5) is 5.69 Å². The zero-order valence-electron chi connectivity index (χ0n) is 13.2. The molecule has 7 heteroatoms. The quantitative estimate of drug-likeness (QED) is 0.924. The molecule has 1 aromatic carbocycles. The van der Waals surface area contributed by atoms with Crippen molar-refractivity contribution in [1.29, 1.82) is 0 Å². The Hall–Kier alpha value is -2.54. The Morgan fingerprint density at radius 3 is 3.00 bits per heavy atom. The standard InChI is InChI=1S/C17H19N3O4/c21-17(12-5-6-22-10-12)19-13-7-18-20(8-13)9-14-11-23-15-3-1-2-4-16(15)24-14/h1-4,7-8,12,14H,5-6,9-11H2,(H,19,21)/t12-,14-/m0/s1. The number of carbonyl (C=O) groups is 1. The summed E-state index contributed by atoms with van der Waals surface area (Å²) in [4.78, 5) is 12.1. The lowest BCUT2D eigenvalue weighted by molar-refractivity contribution is -0.119. The highest BCUT2D eigenvalue weighted by Gasteiger charge is 2.24. The van der Waals surface area contributed by atoms with Crippen LogP contribution in [0.15, 0.2) is 36.7 Å². The molecule has 0 aliphatic carbocycles. The molecular formula is C17H19N3O4. The minimum atomic E-state index is -0.119. The fourth-order valence-corrected chi connectivity index (χ4v) is 2.88. The summed E-state index contributed by atoms with van der Waals surface area (Å²) in [5, 5.41) is 7.16. The number of ether oxygens (including phenoxy) is 3. The van der Waals surface area contributed by atoms with Crippen molar-refractivity contribution in [1.82, 2.24) is 9.78 Å². The van der Waals surface area contributed by atoms with Gasteiger partial charge in [0.1, 0.15) is 6.61 Å². The van der Waals surface area contributed by atoms with Crippen LogP contribution in [0.3, 0.4) is 0 Å². The number of nitrogens with one attached hydrogen (secondary N) is 1. The Labute approximate surface area is 139 Å². The fourth-order valence-electron chi connectivity index (χ4n) is 2.88. The largest absolute Gasteiger partial charge is 0.486 e. The number of hydrogen-bond donors (Lipinski definition) is 1. The highest BCUT2D eigenvalue weighted by molar-refractivity contribution is 5.92. The van der Waals surface area contributed by atoms with Gasteiger partial charge in [-0.25, -0.2) is 0 Å². The van der Waals surface area contributed by atoms with E-state index in [4.69, 9.17) is 14.2 Å². The SMILES string of the molecule is O=C(Nc1cnn(C[C@H]2COc3ccccc3O2)c1)[C@H]1CCOC1. The predicted molar refractivity (Wildman–Crippen MR) is 86.1 cm³/mol. The Bertz CT molecular complexity index is 724. The summed E-state index contributed by atoms with van der Waals surface area (Å²) >= 11 is 0. The minimum absolute atomic E-state index is 0.0155. The van der Waals surface area contributed by atoms with Crippen molar-refractivity contribution in [3.05, 3.63) is 36.7 Å². The van der Waals surface area contributed by atoms with E-state index in [0.717, 1.165) is 17.9 Å². The molecule has 7 nitrogen and oxygen atoms in total. The first-order valence-corrected chi connectivity index (χ1v) is 8.07. The number of nitrogens with zero attached hydrogens (tertiary/aromatic N) is 2. The van der Waals surface area contributed by atoms with Gasteiger partial charge >= 0.3 is 0 Å². The minimum Gasteiger partial charge on any atom is -0.486 e. The molecule has 0 radical (unpaired) electrons. The smallest absolute Gasteiger partial charge is 0.229 e. The Morgan fingerprint density at radius 2 is 2.17 bits per heavy atom. The number of hydrogen-bond acceptors (Lipinski definition) is 5. The first kappa shape index (κ1) is 15.0. The maximum atomic E-state index is 12.1. The van der Waals surface area contributed by atoms with Gasteiger partial charge in [-0.2, -0.15) is 5.10 Å². The van der Waals surface area contributed by atoms with Gasteiger partial charge in [-0.3, -0.25) is 9.48 Å². The lowest BCUT2D eigenvalue weighted by Crippen LogP contribution is -2.33. The monoisotopic (exact) mass is 329 g/mol. The Kier molecular flexibility index (Phi) is 4.08. The molecule has 1 fully saturated rings. The van der Waals surface area contributed by atoms with E-state index in [-0.39, 0.29) is 17.9 Å². The summed E-state index contributed by atoms with van der Waals surface area (Å²) in [6.45, 7) is 2.17. The van der Waals surface area contributed by atoms with Gasteiger partial charge in [0.05, 0.1) is 31.0 Å². The van der Waals surface area contributed by atoms with Crippen LogP contribution in [0.1, 0.15) is 6.42 Å². The third kappa shape index (κ3) is 3.21. The van der Waals surface area contributed by atoms with Gasteiger partial charge in [-0.15, -0.1) is 0 Å². The van der Waals surface area contributed by atoms with Crippen LogP contribution in [0.25, 0.3) is 0 Å². The van der Waals surface area contributed by atoms with E-state index in [1.807, 2.05) is 24.3 Å². The molecule has 24 heavy (non-hydrogen) atoms. The van der Waals surface area contributed by atoms with E-state index in [0.29, 0.717) is 32.1 Å². The highest BCUT2D eigenvalue weighted by atomic mass is 16.6. The summed E-state index contributed by atoms with van der Waals surface area (Å²) in [5.74, 6) is 1.43. The predicted octanol–water partition coefficient (Wildman–Crippen LogP) is 1.70. The van der Waals surface area contributed by atoms with Gasteiger partial charge in [-0.1, -0.05) is 12.1 Å². The molecule has 1 saturated heterocycles. The summed E-state index contributed by atoms with van der Waals surface area (Å²) in [7, 11) is 0. The van der Waals surface area contributed by atoms with Crippen molar-refractivity contribution in [2.45, 2.75) is 19.1 Å². The molecular weight excluding hydrogens is 310 g/mol. The van der Waals surface area contributed by atoms with E-state index in [2.05, 4.69) is 10.4 Å².